The predicted octanol–water partition coefficient (Wildman–Crippen LogP) is 0.313. The largest absolute Gasteiger partial charge is 0.289 e. The molecule has 0 spiro atoms. The molecule has 0 aromatic heterocycles. The van der Waals surface area contributed by atoms with Crippen molar-refractivity contribution in [3.63, 3.8) is 0 Å². The Kier molecular flexibility index (Phi) is 6.60. The van der Waals surface area contributed by atoms with E-state index in [0.29, 0.717) is 6.42 Å². The standard InChI is InChI=1S/C7H13NO3S/c1-2-3-4-6(5-12-11)7(9)8-10/h5-6,10H,2-4H2,1H3,(H,8,9). The van der Waals surface area contributed by atoms with E-state index in [2.05, 4.69) is 0 Å². The molecule has 4 nitrogen and oxygen atoms in total. The first-order valence-corrected chi connectivity index (χ1v) is 4.62. The highest BCUT2D eigenvalue weighted by Crippen LogP contribution is 2.05. The van der Waals surface area contributed by atoms with Crippen molar-refractivity contribution in [1.82, 2.24) is 5.48 Å². The number of unbranched alkanes of at least 4 members (excludes halogenated alkanes) is 1. The molecule has 0 aliphatic heterocycles. The number of hydrogen-bond acceptors (Lipinski definition) is 3. The van der Waals surface area contributed by atoms with Crippen LogP contribution in [0.4, 0.5) is 0 Å². The van der Waals surface area contributed by atoms with Gasteiger partial charge in [-0.2, -0.15) is 0 Å². The molecule has 0 radical (unpaired) electrons. The average Bonchev–Trinajstić information content (AvgIpc) is 2.11. The molecule has 0 saturated heterocycles. The molecule has 5 heteroatoms. The van der Waals surface area contributed by atoms with Gasteiger partial charge in [-0.15, -0.1) is 0 Å². The Morgan fingerprint density at radius 2 is 2.42 bits per heavy atom. The zero-order valence-electron chi connectivity index (χ0n) is 6.95. The molecular weight excluding hydrogens is 178 g/mol. The summed E-state index contributed by atoms with van der Waals surface area (Å²) in [5.41, 5.74) is 1.54. The Hall–Kier alpha value is -0.680. The zero-order valence-corrected chi connectivity index (χ0v) is 7.76. The maximum absolute atomic E-state index is 10.9. The Labute approximate surface area is 75.0 Å². The van der Waals surface area contributed by atoms with Gasteiger partial charge in [0, 0.05) is 5.37 Å². The summed E-state index contributed by atoms with van der Waals surface area (Å²) in [6.45, 7) is 2.00. The molecule has 0 rings (SSSR count). The summed E-state index contributed by atoms with van der Waals surface area (Å²) in [5, 5.41) is 9.59. The van der Waals surface area contributed by atoms with Crippen LogP contribution in [0.25, 0.3) is 0 Å². The molecule has 1 amide bonds. The van der Waals surface area contributed by atoms with E-state index in [1.54, 1.807) is 0 Å². The van der Waals surface area contributed by atoms with E-state index in [-0.39, 0.29) is 11.3 Å². The van der Waals surface area contributed by atoms with Crippen molar-refractivity contribution in [2.45, 2.75) is 26.2 Å². The summed E-state index contributed by atoms with van der Waals surface area (Å²) in [6, 6.07) is 0. The van der Waals surface area contributed by atoms with Gasteiger partial charge in [-0.25, -0.2) is 9.69 Å². The third-order valence-electron chi connectivity index (χ3n) is 1.54. The SMILES string of the molecule is CCCCC(C=S=O)C(=O)NO. The van der Waals surface area contributed by atoms with E-state index in [9.17, 15) is 9.00 Å². The highest BCUT2D eigenvalue weighted by molar-refractivity contribution is 7.64. The quantitative estimate of drug-likeness (QED) is 0.373. The molecule has 0 aromatic rings. The summed E-state index contributed by atoms with van der Waals surface area (Å²) < 4.78 is 10.1. The summed E-state index contributed by atoms with van der Waals surface area (Å²) in [5.74, 6) is -0.982. The molecule has 70 valence electrons. The first-order valence-electron chi connectivity index (χ1n) is 3.82. The Morgan fingerprint density at radius 3 is 2.83 bits per heavy atom. The van der Waals surface area contributed by atoms with Crippen LogP contribution in [0.15, 0.2) is 0 Å². The molecule has 0 aliphatic carbocycles. The Bertz CT molecular complexity index is 189. The van der Waals surface area contributed by atoms with E-state index in [0.717, 1.165) is 12.8 Å². The highest BCUT2D eigenvalue weighted by atomic mass is 32.1. The van der Waals surface area contributed by atoms with E-state index >= 15 is 0 Å². The molecule has 1 atom stereocenters. The first-order chi connectivity index (χ1) is 5.76. The van der Waals surface area contributed by atoms with Gasteiger partial charge in [0.05, 0.1) is 17.2 Å². The Balaban J connectivity index is 4.03. The van der Waals surface area contributed by atoms with Crippen molar-refractivity contribution in [3.8, 4) is 0 Å². The topological polar surface area (TPSA) is 66.4 Å². The normalized spacial score (nSPS) is 11.8. The lowest BCUT2D eigenvalue weighted by atomic mass is 10.0. The average molecular weight is 191 g/mol. The van der Waals surface area contributed by atoms with Gasteiger partial charge < -0.3 is 0 Å². The molecule has 0 aliphatic rings. The Morgan fingerprint density at radius 1 is 1.75 bits per heavy atom. The summed E-state index contributed by atoms with van der Waals surface area (Å²) in [7, 11) is 0. The number of rotatable bonds is 5. The second kappa shape index (κ2) is 7.00. The van der Waals surface area contributed by atoms with Gasteiger partial charge in [-0.05, 0) is 6.42 Å². The smallest absolute Gasteiger partial charge is 0.251 e. The fourth-order valence-electron chi connectivity index (χ4n) is 0.835. The van der Waals surface area contributed by atoms with Gasteiger partial charge in [0.1, 0.15) is 0 Å². The second-order valence-electron chi connectivity index (χ2n) is 2.46. The number of amides is 1. The molecule has 2 N–H and O–H groups in total. The van der Waals surface area contributed by atoms with Crippen LogP contribution in [0, 0.1) is 5.92 Å². The van der Waals surface area contributed by atoms with Crippen molar-refractivity contribution in [2.24, 2.45) is 5.92 Å². The van der Waals surface area contributed by atoms with Gasteiger partial charge in [0.2, 0.25) is 0 Å². The van der Waals surface area contributed by atoms with Gasteiger partial charge >= 0.3 is 0 Å². The minimum absolute atomic E-state index is 0.257. The van der Waals surface area contributed by atoms with Crippen molar-refractivity contribution in [3.05, 3.63) is 0 Å². The minimum atomic E-state index is -0.508. The zero-order chi connectivity index (χ0) is 9.40. The molecule has 0 fully saturated rings. The first kappa shape index (κ1) is 11.3. The number of hydrogen-bond donors (Lipinski definition) is 2. The molecular formula is C7H13NO3S. The fourth-order valence-corrected chi connectivity index (χ4v) is 1.23. The molecule has 1 unspecified atom stereocenters. The second-order valence-corrected chi connectivity index (χ2v) is 2.92. The van der Waals surface area contributed by atoms with Gasteiger partial charge in [-0.1, -0.05) is 19.8 Å². The lowest BCUT2D eigenvalue weighted by Crippen LogP contribution is -2.28. The van der Waals surface area contributed by atoms with Crippen LogP contribution < -0.4 is 5.48 Å². The van der Waals surface area contributed by atoms with Gasteiger partial charge in [-0.3, -0.25) is 10.0 Å². The third kappa shape index (κ3) is 4.25. The summed E-state index contributed by atoms with van der Waals surface area (Å²) in [4.78, 5) is 10.9. The number of carbonyl (C=O) groups excluding carboxylic acids is 1. The van der Waals surface area contributed by atoms with Crippen LogP contribution in [0.3, 0.4) is 0 Å². The summed E-state index contributed by atoms with van der Waals surface area (Å²) >= 11 is 0.257. The molecule has 0 bridgehead atoms. The van der Waals surface area contributed by atoms with Crippen molar-refractivity contribution in [1.29, 1.82) is 0 Å². The van der Waals surface area contributed by atoms with Crippen LogP contribution in [-0.4, -0.2) is 20.7 Å². The summed E-state index contributed by atoms with van der Waals surface area (Å²) in [6.07, 6.45) is 2.44. The predicted molar refractivity (Wildman–Crippen MR) is 47.2 cm³/mol. The monoisotopic (exact) mass is 191 g/mol. The maximum Gasteiger partial charge on any atom is 0.251 e. The van der Waals surface area contributed by atoms with E-state index in [1.807, 2.05) is 6.92 Å². The lowest BCUT2D eigenvalue weighted by molar-refractivity contribution is -0.131. The molecule has 0 aromatic carbocycles. The third-order valence-corrected chi connectivity index (χ3v) is 1.98. The van der Waals surface area contributed by atoms with Crippen LogP contribution in [0.2, 0.25) is 0 Å². The highest BCUT2D eigenvalue weighted by Gasteiger charge is 2.13. The van der Waals surface area contributed by atoms with Crippen molar-refractivity contribution >= 4 is 22.5 Å². The van der Waals surface area contributed by atoms with E-state index < -0.39 is 11.8 Å². The van der Waals surface area contributed by atoms with Crippen LogP contribution in [-0.2, 0) is 16.1 Å². The van der Waals surface area contributed by atoms with Crippen LogP contribution >= 0.6 is 0 Å². The number of carbonyl (C=O) groups is 1. The van der Waals surface area contributed by atoms with Crippen molar-refractivity contribution in [2.75, 3.05) is 0 Å². The minimum Gasteiger partial charge on any atom is -0.289 e. The molecule has 0 heterocycles. The lowest BCUT2D eigenvalue weighted by Gasteiger charge is -2.06. The maximum atomic E-state index is 10.9. The van der Waals surface area contributed by atoms with Crippen molar-refractivity contribution < 1.29 is 14.2 Å². The number of nitrogens with one attached hydrogen (secondary N) is 1. The molecule has 12 heavy (non-hydrogen) atoms. The van der Waals surface area contributed by atoms with Crippen LogP contribution in [0.5, 0.6) is 0 Å². The fraction of sp³-hybridized carbons (Fsp3) is 0.714. The molecule has 0 saturated carbocycles. The van der Waals surface area contributed by atoms with E-state index in [1.165, 1.54) is 10.8 Å². The number of hydroxylamine groups is 1. The van der Waals surface area contributed by atoms with Gasteiger partial charge in [0.15, 0.2) is 0 Å². The van der Waals surface area contributed by atoms with E-state index in [4.69, 9.17) is 5.21 Å². The van der Waals surface area contributed by atoms with Crippen LogP contribution in [0.1, 0.15) is 26.2 Å². The van der Waals surface area contributed by atoms with Gasteiger partial charge in [0.25, 0.3) is 5.91 Å².